The SMILES string of the molecule is Cc1cc2c(ncn2[C@@H]2O[C@H](COP(=O)(O)OP(=O)(O)OP(=O)(O)OC[C@H]3O[C@@H]([n+]4cn(C)c5c(=O)[nH]c(N)nc54)[C@H]4OC(C)(C)OC34)C(O)[C@@H]2O)c(=O)[nH]1. The number of nitrogens with two attached hydrogens (primary N) is 1. The fourth-order valence-corrected chi connectivity index (χ4v) is 10.1. The van der Waals surface area contributed by atoms with E-state index in [1.165, 1.54) is 32.4 Å². The Morgan fingerprint density at radius 3 is 2.25 bits per heavy atom. The fourth-order valence-electron chi connectivity index (χ4n) is 6.60. The predicted octanol–water partition coefficient (Wildman–Crippen LogP) is -1.42. The van der Waals surface area contributed by atoms with Crippen LogP contribution in [0.15, 0.2) is 28.3 Å². The van der Waals surface area contributed by atoms with Crippen molar-refractivity contribution < 1.29 is 79.8 Å². The molecule has 5 unspecified atom stereocenters. The lowest BCUT2D eigenvalue weighted by atomic mass is 10.1. The smallest absolute Gasteiger partial charge is 0.387 e. The molecule has 4 aromatic rings. The first-order valence-corrected chi connectivity index (χ1v) is 20.6. The largest absolute Gasteiger partial charge is 0.490 e. The van der Waals surface area contributed by atoms with E-state index in [9.17, 15) is 48.2 Å². The van der Waals surface area contributed by atoms with Crippen molar-refractivity contribution >= 4 is 51.6 Å². The molecule has 0 amide bonds. The molecule has 0 aromatic carbocycles. The van der Waals surface area contributed by atoms with Crippen molar-refractivity contribution in [2.24, 2.45) is 7.05 Å². The van der Waals surface area contributed by atoms with Gasteiger partial charge in [-0.15, -0.1) is 0 Å². The summed E-state index contributed by atoms with van der Waals surface area (Å²) in [5.41, 5.74) is 5.62. The minimum atomic E-state index is -5.94. The highest BCUT2D eigenvalue weighted by Gasteiger charge is 2.58. The van der Waals surface area contributed by atoms with Gasteiger partial charge in [-0.2, -0.15) is 8.62 Å². The maximum Gasteiger partial charge on any atom is 0.490 e. The number of aromatic nitrogens is 7. The van der Waals surface area contributed by atoms with Gasteiger partial charge >= 0.3 is 29.1 Å². The van der Waals surface area contributed by atoms with E-state index in [0.29, 0.717) is 5.69 Å². The Labute approximate surface area is 307 Å². The van der Waals surface area contributed by atoms with E-state index in [1.54, 1.807) is 27.8 Å². The number of nitrogens with zero attached hydrogens (tertiary/aromatic N) is 5. The molecule has 3 saturated heterocycles. The molecule has 4 aromatic heterocycles. The van der Waals surface area contributed by atoms with Crippen LogP contribution in [0.2, 0.25) is 0 Å². The summed E-state index contributed by atoms with van der Waals surface area (Å²) in [5.74, 6) is -1.37. The Kier molecular flexibility index (Phi) is 10.2. The maximum absolute atomic E-state index is 12.8. The number of aliphatic hydroxyl groups excluding tert-OH is 2. The van der Waals surface area contributed by atoms with Crippen LogP contribution in [-0.2, 0) is 57.4 Å². The summed E-state index contributed by atoms with van der Waals surface area (Å²) in [7, 11) is -15.6. The third kappa shape index (κ3) is 7.87. The van der Waals surface area contributed by atoms with Gasteiger partial charge in [-0.1, -0.05) is 4.98 Å². The third-order valence-electron chi connectivity index (χ3n) is 8.73. The molecule has 9 N–H and O–H groups in total. The number of nitrogens with one attached hydrogen (secondary N) is 2. The Hall–Kier alpha value is -3.26. The molecule has 7 heterocycles. The van der Waals surface area contributed by atoms with E-state index in [-0.39, 0.29) is 28.1 Å². The third-order valence-corrected chi connectivity index (χ3v) is 13.0. The van der Waals surface area contributed by atoms with Gasteiger partial charge in [0.05, 0.1) is 32.1 Å². The van der Waals surface area contributed by atoms with Crippen LogP contribution < -0.4 is 21.4 Å². The number of aliphatic hydroxyl groups is 2. The van der Waals surface area contributed by atoms with Crippen molar-refractivity contribution in [3.05, 3.63) is 45.1 Å². The van der Waals surface area contributed by atoms with E-state index in [2.05, 4.69) is 33.1 Å². The Morgan fingerprint density at radius 1 is 0.945 bits per heavy atom. The number of aromatic amines is 2. The van der Waals surface area contributed by atoms with Gasteiger partial charge in [0, 0.05) is 5.69 Å². The van der Waals surface area contributed by atoms with Crippen molar-refractivity contribution in [1.82, 2.24) is 29.1 Å². The van der Waals surface area contributed by atoms with Gasteiger partial charge in [0.15, 0.2) is 23.9 Å². The zero-order chi connectivity index (χ0) is 40.0. The number of phosphoric ester groups is 2. The molecule has 0 radical (unpaired) electrons. The zero-order valence-electron chi connectivity index (χ0n) is 29.0. The maximum atomic E-state index is 12.8. The summed E-state index contributed by atoms with van der Waals surface area (Å²) in [6.45, 7) is 2.93. The highest BCUT2D eigenvalue weighted by molar-refractivity contribution is 7.66. The van der Waals surface area contributed by atoms with Crippen molar-refractivity contribution in [2.75, 3.05) is 18.9 Å². The zero-order valence-corrected chi connectivity index (χ0v) is 31.6. The van der Waals surface area contributed by atoms with Crippen molar-refractivity contribution in [2.45, 2.75) is 75.6 Å². The first-order chi connectivity index (χ1) is 25.5. The molecule has 7 rings (SSSR count). The minimum absolute atomic E-state index is 0.00368. The molecule has 11 atom stereocenters. The number of pyridine rings is 1. The lowest BCUT2D eigenvalue weighted by Gasteiger charge is -2.24. The first kappa shape index (κ1) is 40.0. The predicted molar refractivity (Wildman–Crippen MR) is 178 cm³/mol. The van der Waals surface area contributed by atoms with Gasteiger partial charge in [0.25, 0.3) is 17.1 Å². The summed E-state index contributed by atoms with van der Waals surface area (Å²) >= 11 is 0. The molecule has 55 heavy (non-hydrogen) atoms. The second kappa shape index (κ2) is 14.0. The average molecular weight is 842 g/mol. The Morgan fingerprint density at radius 2 is 1.58 bits per heavy atom. The van der Waals surface area contributed by atoms with Gasteiger partial charge in [-0.05, 0) is 26.8 Å². The molecular formula is C26H36N8O18P3+. The number of imidazole rings is 2. The molecule has 0 spiro atoms. The van der Waals surface area contributed by atoms with Crippen LogP contribution in [0.25, 0.3) is 22.2 Å². The number of fused-ring (bicyclic) bond motifs is 3. The quantitative estimate of drug-likeness (QED) is 0.0599. The van der Waals surface area contributed by atoms with Crippen LogP contribution >= 0.6 is 23.5 Å². The minimum Gasteiger partial charge on any atom is -0.387 e. The van der Waals surface area contributed by atoms with E-state index >= 15 is 0 Å². The van der Waals surface area contributed by atoms with Gasteiger partial charge in [-0.3, -0.25) is 28.2 Å². The van der Waals surface area contributed by atoms with Crippen molar-refractivity contribution in [1.29, 1.82) is 0 Å². The number of rotatable bonds is 12. The van der Waals surface area contributed by atoms with Crippen LogP contribution in [0.3, 0.4) is 0 Å². The monoisotopic (exact) mass is 841 g/mol. The number of ether oxygens (including phenoxy) is 4. The summed E-state index contributed by atoms with van der Waals surface area (Å²) in [4.78, 5) is 68.5. The molecule has 26 nitrogen and oxygen atoms in total. The summed E-state index contributed by atoms with van der Waals surface area (Å²) in [6, 6.07) is 1.53. The lowest BCUT2D eigenvalue weighted by Crippen LogP contribution is -2.46. The number of anilines is 1. The molecule has 29 heteroatoms. The molecule has 0 bridgehead atoms. The molecule has 302 valence electrons. The van der Waals surface area contributed by atoms with Gasteiger partial charge < -0.3 is 59.1 Å². The first-order valence-electron chi connectivity index (χ1n) is 16.1. The van der Waals surface area contributed by atoms with E-state index < -0.39 is 103 Å². The van der Waals surface area contributed by atoms with Gasteiger partial charge in [-0.25, -0.2) is 23.2 Å². The molecule has 3 fully saturated rings. The molecule has 0 saturated carbocycles. The number of phosphoric acid groups is 3. The molecule has 0 aliphatic carbocycles. The van der Waals surface area contributed by atoms with Crippen LogP contribution in [-0.4, -0.2) is 110 Å². The van der Waals surface area contributed by atoms with Gasteiger partial charge in [0.1, 0.15) is 36.6 Å². The number of H-pyrrole nitrogens is 2. The van der Waals surface area contributed by atoms with Gasteiger partial charge in [0.2, 0.25) is 11.7 Å². The van der Waals surface area contributed by atoms with E-state index in [0.717, 1.165) is 0 Å². The average Bonchev–Trinajstić information content (AvgIpc) is 3.83. The topological polar surface area (TPSA) is 357 Å². The second-order valence-corrected chi connectivity index (χ2v) is 17.9. The molecular weight excluding hydrogens is 805 g/mol. The van der Waals surface area contributed by atoms with Crippen molar-refractivity contribution in [3.8, 4) is 0 Å². The second-order valence-electron chi connectivity index (χ2n) is 13.3. The summed E-state index contributed by atoms with van der Waals surface area (Å²) in [5, 5.41) is 21.2. The number of nitrogen functional groups attached to an aromatic ring is 1. The summed E-state index contributed by atoms with van der Waals surface area (Å²) < 4.78 is 83.7. The molecule has 3 aliphatic rings. The fraction of sp³-hybridized carbons (Fsp3) is 0.577. The van der Waals surface area contributed by atoms with E-state index in [4.69, 9.17) is 29.2 Å². The summed E-state index contributed by atoms with van der Waals surface area (Å²) in [6.07, 6.45) is -7.82. The number of hydrogen-bond donors (Lipinski definition) is 8. The van der Waals surface area contributed by atoms with Crippen LogP contribution in [0.5, 0.6) is 0 Å². The van der Waals surface area contributed by atoms with Crippen molar-refractivity contribution in [3.63, 3.8) is 0 Å². The van der Waals surface area contributed by atoms with Crippen LogP contribution in [0.4, 0.5) is 5.95 Å². The van der Waals surface area contributed by atoms with E-state index in [1.807, 2.05) is 0 Å². The highest BCUT2D eigenvalue weighted by Crippen LogP contribution is 2.68. The highest BCUT2D eigenvalue weighted by atomic mass is 31.3. The molecule has 3 aliphatic heterocycles. The standard InChI is InChI=1S/C26H35N8O18P3/c1-10-5-11-14(21(37)29-10)28-8-33(11)23-17(36)16(35)12(47-23)6-45-53(39,40)51-55(43,44)52-54(41,42)46-7-13-18-19(50-26(2,3)49-18)24(48-13)34-9-32(4)15-20(34)30-25(27)31-22(15)38/h5,8-9,12-13,16-19,23-24,35-36H,6-7H2,1-4H3,(H6-,27,29,30,31,37,38,39,40,41,42,43,44)/p+1/t12-,13-,16?,17+,18?,19+,23-,24-/m1/s1. The Bertz CT molecular complexity index is 2420. The normalized spacial score (nSPS) is 31.1. The van der Waals surface area contributed by atoms with Crippen LogP contribution in [0.1, 0.15) is 32.0 Å². The van der Waals surface area contributed by atoms with Crippen LogP contribution in [0, 0.1) is 6.92 Å². The number of hydrogen-bond acceptors (Lipinski definition) is 18. The Balaban J connectivity index is 0.978. The number of aryl methyl sites for hydroxylation is 2. The lowest BCUT2D eigenvalue weighted by molar-refractivity contribution is -0.746.